The number of phenols is 1. The lowest BCUT2D eigenvalue weighted by Gasteiger charge is -2.48. The number of hydrazine groups is 1. The predicted octanol–water partition coefficient (Wildman–Crippen LogP) is 4.13. The quantitative estimate of drug-likeness (QED) is 0.350. The molecule has 1 atom stereocenters. The first-order chi connectivity index (χ1) is 19.2. The van der Waals surface area contributed by atoms with Crippen LogP contribution in [0.15, 0.2) is 72.8 Å². The molecule has 1 aliphatic heterocycles. The normalized spacial score (nSPS) is 15.7. The molecule has 9 nitrogen and oxygen atoms in total. The van der Waals surface area contributed by atoms with Crippen LogP contribution in [0.3, 0.4) is 0 Å². The highest BCUT2D eigenvalue weighted by molar-refractivity contribution is 6.35. The summed E-state index contributed by atoms with van der Waals surface area (Å²) >= 11 is 12.4. The van der Waals surface area contributed by atoms with E-state index >= 15 is 0 Å². The third-order valence-electron chi connectivity index (χ3n) is 6.70. The molecule has 1 heterocycles. The Morgan fingerprint density at radius 1 is 1.07 bits per heavy atom. The molecule has 4 rings (SSSR count). The minimum absolute atomic E-state index is 0.00502. The van der Waals surface area contributed by atoms with Gasteiger partial charge in [-0.3, -0.25) is 9.59 Å². The summed E-state index contributed by atoms with van der Waals surface area (Å²) in [6.45, 7) is 0.815. The molecular weight excluding hydrogens is 553 g/mol. The van der Waals surface area contributed by atoms with Crippen molar-refractivity contribution < 1.29 is 19.5 Å². The van der Waals surface area contributed by atoms with E-state index in [1.54, 1.807) is 59.4 Å². The molecule has 0 aliphatic carbocycles. The molecule has 0 saturated carbocycles. The SMILES string of the molecule is CN1CC(=O)N(CCc2ccc(O)cc2)C(CN(C=O)Cc2ccc(Cl)cc2Cl)N1C(=O)NCc1ccccc1. The Morgan fingerprint density at radius 3 is 2.48 bits per heavy atom. The molecule has 0 bridgehead atoms. The number of carbonyl (C=O) groups is 3. The minimum atomic E-state index is -0.782. The summed E-state index contributed by atoms with van der Waals surface area (Å²) in [5.74, 6) is -0.0187. The van der Waals surface area contributed by atoms with Gasteiger partial charge in [0.25, 0.3) is 0 Å². The zero-order chi connectivity index (χ0) is 28.6. The van der Waals surface area contributed by atoms with Gasteiger partial charge in [0.2, 0.25) is 12.3 Å². The number of rotatable bonds is 10. The fourth-order valence-corrected chi connectivity index (χ4v) is 5.09. The zero-order valence-corrected chi connectivity index (χ0v) is 23.6. The van der Waals surface area contributed by atoms with E-state index in [-0.39, 0.29) is 31.3 Å². The van der Waals surface area contributed by atoms with Crippen molar-refractivity contribution in [3.05, 3.63) is 99.5 Å². The van der Waals surface area contributed by atoms with Crippen molar-refractivity contribution in [3.8, 4) is 5.75 Å². The lowest BCUT2D eigenvalue weighted by molar-refractivity contribution is -0.165. The van der Waals surface area contributed by atoms with E-state index in [2.05, 4.69) is 5.32 Å². The van der Waals surface area contributed by atoms with Gasteiger partial charge in [-0.2, -0.15) is 0 Å². The van der Waals surface area contributed by atoms with Gasteiger partial charge in [0.05, 0.1) is 13.1 Å². The first kappa shape index (κ1) is 29.2. The number of urea groups is 1. The number of benzene rings is 3. The molecule has 0 aromatic heterocycles. The van der Waals surface area contributed by atoms with Gasteiger partial charge in [-0.25, -0.2) is 14.8 Å². The lowest BCUT2D eigenvalue weighted by atomic mass is 10.1. The van der Waals surface area contributed by atoms with Gasteiger partial charge in [0.1, 0.15) is 11.9 Å². The van der Waals surface area contributed by atoms with Crippen LogP contribution in [-0.2, 0) is 29.1 Å². The smallest absolute Gasteiger partial charge is 0.334 e. The van der Waals surface area contributed by atoms with Crippen molar-refractivity contribution in [2.45, 2.75) is 25.7 Å². The van der Waals surface area contributed by atoms with Crippen LogP contribution in [0.25, 0.3) is 0 Å². The fourth-order valence-electron chi connectivity index (χ4n) is 4.62. The second-order valence-electron chi connectivity index (χ2n) is 9.56. The van der Waals surface area contributed by atoms with Crippen molar-refractivity contribution in [2.75, 3.05) is 26.7 Å². The minimum Gasteiger partial charge on any atom is -0.508 e. The third-order valence-corrected chi connectivity index (χ3v) is 7.29. The number of hydrogen-bond acceptors (Lipinski definition) is 5. The van der Waals surface area contributed by atoms with Crippen molar-refractivity contribution in [2.24, 2.45) is 0 Å². The maximum absolute atomic E-state index is 13.5. The van der Waals surface area contributed by atoms with Crippen molar-refractivity contribution in [1.82, 2.24) is 25.1 Å². The van der Waals surface area contributed by atoms with E-state index < -0.39 is 12.2 Å². The molecule has 3 aromatic carbocycles. The second-order valence-corrected chi connectivity index (χ2v) is 10.4. The Kier molecular flexibility index (Phi) is 9.87. The van der Waals surface area contributed by atoms with Gasteiger partial charge in [0, 0.05) is 36.7 Å². The first-order valence-corrected chi connectivity index (χ1v) is 13.5. The molecule has 4 amide bonds. The van der Waals surface area contributed by atoms with Gasteiger partial charge in [0.15, 0.2) is 0 Å². The van der Waals surface area contributed by atoms with Crippen LogP contribution in [0, 0.1) is 0 Å². The molecule has 0 radical (unpaired) electrons. The Morgan fingerprint density at radius 2 is 1.80 bits per heavy atom. The standard InChI is InChI=1S/C29H31Cl2N5O4/c1-33-19-28(39)35(14-13-21-7-11-25(38)12-8-21)27(36(33)29(40)32-16-22-5-3-2-4-6-22)18-34(20-37)17-23-9-10-24(30)15-26(23)31/h2-12,15,20,27,38H,13-14,16-19H2,1H3,(H,32,40). The summed E-state index contributed by atoms with van der Waals surface area (Å²) in [5, 5.41) is 16.5. The van der Waals surface area contributed by atoms with Crippen LogP contribution in [-0.4, -0.2) is 76.1 Å². The number of aromatic hydroxyl groups is 1. The lowest BCUT2D eigenvalue weighted by Crippen LogP contribution is -2.69. The van der Waals surface area contributed by atoms with E-state index in [0.29, 0.717) is 41.5 Å². The van der Waals surface area contributed by atoms with Crippen LogP contribution in [0.4, 0.5) is 4.79 Å². The molecular formula is C29H31Cl2N5O4. The van der Waals surface area contributed by atoms with Crippen molar-refractivity contribution >= 4 is 41.6 Å². The van der Waals surface area contributed by atoms with Crippen LogP contribution in [0.1, 0.15) is 16.7 Å². The fraction of sp³-hybridized carbons (Fsp3) is 0.276. The Bertz CT molecular complexity index is 1330. The molecule has 1 fully saturated rings. The second kappa shape index (κ2) is 13.5. The zero-order valence-electron chi connectivity index (χ0n) is 22.0. The summed E-state index contributed by atoms with van der Waals surface area (Å²) in [6, 6.07) is 20.9. The Hall–Kier alpha value is -3.79. The van der Waals surface area contributed by atoms with Crippen molar-refractivity contribution in [1.29, 1.82) is 0 Å². The number of nitrogens with one attached hydrogen (secondary N) is 1. The average molecular weight is 585 g/mol. The van der Waals surface area contributed by atoms with E-state index in [1.807, 2.05) is 30.3 Å². The average Bonchev–Trinajstić information content (AvgIpc) is 2.94. The van der Waals surface area contributed by atoms with Gasteiger partial charge in [-0.15, -0.1) is 0 Å². The summed E-state index contributed by atoms with van der Waals surface area (Å²) in [4.78, 5) is 42.2. The van der Waals surface area contributed by atoms with E-state index in [1.165, 1.54) is 9.91 Å². The summed E-state index contributed by atoms with van der Waals surface area (Å²) in [7, 11) is 1.67. The highest BCUT2D eigenvalue weighted by Crippen LogP contribution is 2.24. The summed E-state index contributed by atoms with van der Waals surface area (Å²) < 4.78 is 0. The maximum Gasteiger partial charge on any atom is 0.334 e. The molecule has 210 valence electrons. The number of likely N-dealkylation sites (N-methyl/N-ethyl adjacent to an activating group) is 1. The highest BCUT2D eigenvalue weighted by atomic mass is 35.5. The first-order valence-electron chi connectivity index (χ1n) is 12.8. The third kappa shape index (κ3) is 7.44. The number of phenolic OH excluding ortho intramolecular Hbond substituents is 1. The molecule has 0 spiro atoms. The number of halogens is 2. The van der Waals surface area contributed by atoms with Crippen molar-refractivity contribution in [3.63, 3.8) is 0 Å². The molecule has 1 unspecified atom stereocenters. The number of nitrogens with zero attached hydrogens (tertiary/aromatic N) is 4. The van der Waals surface area contributed by atoms with E-state index in [9.17, 15) is 19.5 Å². The van der Waals surface area contributed by atoms with Crippen LogP contribution in [0.5, 0.6) is 5.75 Å². The predicted molar refractivity (Wildman–Crippen MR) is 153 cm³/mol. The number of carbonyl (C=O) groups excluding carboxylic acids is 3. The van der Waals surface area contributed by atoms with E-state index in [0.717, 1.165) is 11.1 Å². The van der Waals surface area contributed by atoms with E-state index in [4.69, 9.17) is 23.2 Å². The maximum atomic E-state index is 13.5. The molecule has 40 heavy (non-hydrogen) atoms. The molecule has 1 saturated heterocycles. The van der Waals surface area contributed by atoms with Crippen LogP contribution >= 0.6 is 23.2 Å². The highest BCUT2D eigenvalue weighted by Gasteiger charge is 2.41. The van der Waals surface area contributed by atoms with Gasteiger partial charge in [-0.1, -0.05) is 71.7 Å². The summed E-state index contributed by atoms with van der Waals surface area (Å²) in [6.07, 6.45) is 0.397. The largest absolute Gasteiger partial charge is 0.508 e. The monoisotopic (exact) mass is 583 g/mol. The molecule has 11 heteroatoms. The molecule has 1 aliphatic rings. The topological polar surface area (TPSA) is 96.4 Å². The molecule has 2 N–H and O–H groups in total. The van der Waals surface area contributed by atoms with Gasteiger partial charge in [-0.05, 0) is 47.4 Å². The van der Waals surface area contributed by atoms with Crippen LogP contribution < -0.4 is 5.32 Å². The van der Waals surface area contributed by atoms with Gasteiger partial charge < -0.3 is 20.2 Å². The number of amides is 4. The van der Waals surface area contributed by atoms with Crippen LogP contribution in [0.2, 0.25) is 10.0 Å². The van der Waals surface area contributed by atoms with Gasteiger partial charge >= 0.3 is 6.03 Å². The Labute approximate surface area is 243 Å². The Balaban J connectivity index is 1.58. The summed E-state index contributed by atoms with van der Waals surface area (Å²) in [5.41, 5.74) is 2.53. The number of hydrogen-bond donors (Lipinski definition) is 2. The molecule has 3 aromatic rings.